The van der Waals surface area contributed by atoms with Crippen LogP contribution >= 0.6 is 15.9 Å². The van der Waals surface area contributed by atoms with E-state index in [0.717, 1.165) is 4.47 Å². The first-order chi connectivity index (χ1) is 11.1. The van der Waals surface area contributed by atoms with Crippen LogP contribution in [0.2, 0.25) is 0 Å². The fourth-order valence-corrected chi connectivity index (χ4v) is 2.17. The summed E-state index contributed by atoms with van der Waals surface area (Å²) in [5.41, 5.74) is 3.00. The van der Waals surface area contributed by atoms with Gasteiger partial charge < -0.3 is 19.5 Å². The molecule has 0 unspecified atom stereocenters. The molecule has 0 aromatic heterocycles. The second-order valence-corrected chi connectivity index (χ2v) is 5.39. The van der Waals surface area contributed by atoms with E-state index < -0.39 is 5.91 Å². The van der Waals surface area contributed by atoms with Crippen molar-refractivity contribution in [3.63, 3.8) is 0 Å². The average Bonchev–Trinajstić information content (AvgIpc) is 2.94. The largest absolute Gasteiger partial charge is 0.454 e. The highest BCUT2D eigenvalue weighted by Gasteiger charge is 2.15. The zero-order valence-corrected chi connectivity index (χ0v) is 14.0. The number of halogens is 1. The number of hydrogen-bond acceptors (Lipinski definition) is 6. The fraction of sp³-hybridized carbons (Fsp3) is 0.357. The van der Waals surface area contributed by atoms with Crippen molar-refractivity contribution in [3.05, 3.63) is 22.2 Å². The predicted octanol–water partition coefficient (Wildman–Crippen LogP) is 0.781. The van der Waals surface area contributed by atoms with E-state index in [4.69, 9.17) is 14.2 Å². The van der Waals surface area contributed by atoms with Gasteiger partial charge in [0.2, 0.25) is 18.6 Å². The first-order valence-corrected chi connectivity index (χ1v) is 7.56. The Labute approximate surface area is 141 Å². The third kappa shape index (κ3) is 5.22. The highest BCUT2D eigenvalue weighted by molar-refractivity contribution is 9.10. The summed E-state index contributed by atoms with van der Waals surface area (Å²) >= 11 is 3.38. The van der Waals surface area contributed by atoms with Crippen LogP contribution in [-0.2, 0) is 14.3 Å². The first kappa shape index (κ1) is 17.2. The Morgan fingerprint density at radius 3 is 2.83 bits per heavy atom. The molecule has 0 saturated heterocycles. The molecule has 9 heteroatoms. The second kappa shape index (κ2) is 8.49. The molecule has 0 atom stereocenters. The van der Waals surface area contributed by atoms with Gasteiger partial charge in [0.15, 0.2) is 11.5 Å². The number of nitrogens with zero attached hydrogens (tertiary/aromatic N) is 1. The van der Waals surface area contributed by atoms with Crippen molar-refractivity contribution in [1.82, 2.24) is 10.7 Å². The lowest BCUT2D eigenvalue weighted by atomic mass is 10.2. The SMILES string of the molecule is COCCNC(=O)CC(=O)N/N=C\c1cc2c(cc1Br)OCO2. The van der Waals surface area contributed by atoms with E-state index in [1.54, 1.807) is 12.1 Å². The van der Waals surface area contributed by atoms with Gasteiger partial charge in [-0.05, 0) is 28.1 Å². The van der Waals surface area contributed by atoms with Crippen molar-refractivity contribution in [2.24, 2.45) is 5.10 Å². The lowest BCUT2D eigenvalue weighted by molar-refractivity contribution is -0.129. The van der Waals surface area contributed by atoms with Gasteiger partial charge in [-0.25, -0.2) is 5.43 Å². The molecule has 23 heavy (non-hydrogen) atoms. The molecular weight excluding hydrogens is 370 g/mol. The van der Waals surface area contributed by atoms with Gasteiger partial charge in [-0.15, -0.1) is 0 Å². The number of nitrogens with one attached hydrogen (secondary N) is 2. The van der Waals surface area contributed by atoms with Gasteiger partial charge in [0.05, 0.1) is 12.8 Å². The first-order valence-electron chi connectivity index (χ1n) is 6.77. The Morgan fingerprint density at radius 1 is 1.35 bits per heavy atom. The van der Waals surface area contributed by atoms with Gasteiger partial charge in [0.25, 0.3) is 0 Å². The molecule has 0 radical (unpaired) electrons. The number of hydrazone groups is 1. The van der Waals surface area contributed by atoms with E-state index in [-0.39, 0.29) is 19.1 Å². The van der Waals surface area contributed by atoms with Crippen LogP contribution in [0.25, 0.3) is 0 Å². The molecular formula is C14H16BrN3O5. The fourth-order valence-electron chi connectivity index (χ4n) is 1.75. The summed E-state index contributed by atoms with van der Waals surface area (Å²) in [6.07, 6.45) is 1.15. The van der Waals surface area contributed by atoms with E-state index in [1.165, 1.54) is 13.3 Å². The van der Waals surface area contributed by atoms with Crippen molar-refractivity contribution in [1.29, 1.82) is 0 Å². The van der Waals surface area contributed by atoms with Crippen molar-refractivity contribution in [2.75, 3.05) is 27.1 Å². The molecule has 1 aromatic rings. The zero-order valence-electron chi connectivity index (χ0n) is 12.4. The number of carbonyl (C=O) groups excluding carboxylic acids is 2. The van der Waals surface area contributed by atoms with Gasteiger partial charge in [-0.2, -0.15) is 5.10 Å². The maximum absolute atomic E-state index is 11.6. The molecule has 0 spiro atoms. The molecule has 1 heterocycles. The standard InChI is InChI=1S/C14H16BrN3O5/c1-21-3-2-16-13(19)6-14(20)18-17-7-9-4-11-12(5-10(9)15)23-8-22-11/h4-5,7H,2-3,6,8H2,1H3,(H,16,19)(H,18,20)/b17-7-. The summed E-state index contributed by atoms with van der Waals surface area (Å²) in [4.78, 5) is 23.0. The van der Waals surface area contributed by atoms with E-state index in [1.807, 2.05) is 0 Å². The summed E-state index contributed by atoms with van der Waals surface area (Å²) in [5, 5.41) is 6.37. The van der Waals surface area contributed by atoms with Crippen LogP contribution in [0.1, 0.15) is 12.0 Å². The summed E-state index contributed by atoms with van der Waals surface area (Å²) in [7, 11) is 1.53. The van der Waals surface area contributed by atoms with E-state index in [0.29, 0.717) is 30.2 Å². The Balaban J connectivity index is 1.82. The maximum atomic E-state index is 11.6. The van der Waals surface area contributed by atoms with Crippen LogP contribution in [0.3, 0.4) is 0 Å². The number of fused-ring (bicyclic) bond motifs is 1. The molecule has 8 nitrogen and oxygen atoms in total. The van der Waals surface area contributed by atoms with Gasteiger partial charge in [0, 0.05) is 23.7 Å². The van der Waals surface area contributed by atoms with Gasteiger partial charge in [-0.1, -0.05) is 0 Å². The van der Waals surface area contributed by atoms with Crippen LogP contribution in [0.5, 0.6) is 11.5 Å². The molecule has 2 amide bonds. The maximum Gasteiger partial charge on any atom is 0.249 e. The van der Waals surface area contributed by atoms with Gasteiger partial charge in [-0.3, -0.25) is 9.59 Å². The molecule has 1 aliphatic heterocycles. The summed E-state index contributed by atoms with van der Waals surface area (Å²) in [5.74, 6) is 0.358. The molecule has 0 saturated carbocycles. The third-order valence-electron chi connectivity index (χ3n) is 2.83. The van der Waals surface area contributed by atoms with Gasteiger partial charge in [0.1, 0.15) is 6.42 Å². The number of rotatable bonds is 7. The molecule has 2 N–H and O–H groups in total. The van der Waals surface area contributed by atoms with Crippen LogP contribution < -0.4 is 20.2 Å². The van der Waals surface area contributed by atoms with Crippen LogP contribution in [0, 0.1) is 0 Å². The Bertz CT molecular complexity index is 621. The number of methoxy groups -OCH3 is 1. The highest BCUT2D eigenvalue weighted by Crippen LogP contribution is 2.36. The minimum Gasteiger partial charge on any atom is -0.454 e. The third-order valence-corrected chi connectivity index (χ3v) is 3.52. The smallest absolute Gasteiger partial charge is 0.249 e. The summed E-state index contributed by atoms with van der Waals surface area (Å²) < 4.78 is 16.0. The molecule has 1 aromatic carbocycles. The molecule has 0 aliphatic carbocycles. The van der Waals surface area contributed by atoms with E-state index >= 15 is 0 Å². The number of carbonyl (C=O) groups is 2. The Morgan fingerprint density at radius 2 is 2.09 bits per heavy atom. The minimum absolute atomic E-state index is 0.178. The molecule has 124 valence electrons. The lowest BCUT2D eigenvalue weighted by Crippen LogP contribution is -2.31. The van der Waals surface area contributed by atoms with Crippen molar-refractivity contribution < 1.29 is 23.8 Å². The van der Waals surface area contributed by atoms with E-state index in [9.17, 15) is 9.59 Å². The van der Waals surface area contributed by atoms with Crippen molar-refractivity contribution in [2.45, 2.75) is 6.42 Å². The summed E-state index contributed by atoms with van der Waals surface area (Å²) in [6.45, 7) is 0.928. The van der Waals surface area contributed by atoms with Crippen LogP contribution in [0.15, 0.2) is 21.7 Å². The highest BCUT2D eigenvalue weighted by atomic mass is 79.9. The quantitative estimate of drug-likeness (QED) is 0.312. The number of ether oxygens (including phenoxy) is 3. The number of hydrogen-bond donors (Lipinski definition) is 2. The lowest BCUT2D eigenvalue weighted by Gasteiger charge is -2.04. The predicted molar refractivity (Wildman–Crippen MR) is 85.5 cm³/mol. The van der Waals surface area contributed by atoms with Crippen LogP contribution in [-0.4, -0.2) is 45.1 Å². The van der Waals surface area contributed by atoms with Gasteiger partial charge >= 0.3 is 0 Å². The molecule has 0 bridgehead atoms. The Kier molecular flexibility index (Phi) is 6.36. The minimum atomic E-state index is -0.506. The topological polar surface area (TPSA) is 98.2 Å². The zero-order chi connectivity index (χ0) is 16.7. The average molecular weight is 386 g/mol. The number of benzene rings is 1. The van der Waals surface area contributed by atoms with Crippen LogP contribution in [0.4, 0.5) is 0 Å². The number of amides is 2. The summed E-state index contributed by atoms with van der Waals surface area (Å²) in [6, 6.07) is 3.49. The normalized spacial score (nSPS) is 12.4. The second-order valence-electron chi connectivity index (χ2n) is 4.54. The molecule has 1 aliphatic rings. The monoisotopic (exact) mass is 385 g/mol. The molecule has 0 fully saturated rings. The Hall–Kier alpha value is -2.13. The van der Waals surface area contributed by atoms with Crippen molar-refractivity contribution in [3.8, 4) is 11.5 Å². The van der Waals surface area contributed by atoms with Crippen molar-refractivity contribution >= 4 is 34.0 Å². The molecule has 2 rings (SSSR count). The van der Waals surface area contributed by atoms with E-state index in [2.05, 4.69) is 31.8 Å².